The Labute approximate surface area is 184 Å². The van der Waals surface area contributed by atoms with E-state index in [0.29, 0.717) is 0 Å². The first kappa shape index (κ1) is 22.7. The maximum absolute atomic E-state index is 12.9. The number of hydrogen-bond donors (Lipinski definition) is 1. The third kappa shape index (κ3) is 5.40. The number of likely N-dealkylation sites (N-methyl/N-ethyl adjacent to an activating group) is 1. The standard InChI is InChI=1S/C25H28N2O3S/c1-18-10-13-22(14-11-18)31(29,30)27(4)17-24(28)26-25(21-8-6-5-7-9-21)23-15-12-19(2)16-20(23)3/h5-16,25H,17H2,1-4H3,(H,26,28)/t25-/m0/s1. The van der Waals surface area contributed by atoms with E-state index in [9.17, 15) is 13.2 Å². The predicted octanol–water partition coefficient (Wildman–Crippen LogP) is 4.14. The molecule has 0 heterocycles. The van der Waals surface area contributed by atoms with Crippen molar-refractivity contribution < 1.29 is 13.2 Å². The zero-order chi connectivity index (χ0) is 22.6. The molecule has 0 radical (unpaired) electrons. The van der Waals surface area contributed by atoms with Crippen molar-refractivity contribution in [2.75, 3.05) is 13.6 Å². The highest BCUT2D eigenvalue weighted by Crippen LogP contribution is 2.26. The number of aryl methyl sites for hydroxylation is 3. The van der Waals surface area contributed by atoms with Gasteiger partial charge in [0.1, 0.15) is 0 Å². The van der Waals surface area contributed by atoms with Gasteiger partial charge in [-0.2, -0.15) is 4.31 Å². The Morgan fingerprint density at radius 1 is 0.903 bits per heavy atom. The van der Waals surface area contributed by atoms with Gasteiger partial charge in [-0.25, -0.2) is 8.42 Å². The summed E-state index contributed by atoms with van der Waals surface area (Å²) in [5, 5.41) is 3.03. The van der Waals surface area contributed by atoms with E-state index < -0.39 is 10.0 Å². The van der Waals surface area contributed by atoms with Crippen LogP contribution in [-0.4, -0.2) is 32.2 Å². The first-order valence-corrected chi connectivity index (χ1v) is 11.6. The van der Waals surface area contributed by atoms with Gasteiger partial charge in [0.15, 0.2) is 0 Å². The largest absolute Gasteiger partial charge is 0.344 e. The second-order valence-corrected chi connectivity index (χ2v) is 9.89. The van der Waals surface area contributed by atoms with Gasteiger partial charge < -0.3 is 5.32 Å². The van der Waals surface area contributed by atoms with Crippen LogP contribution in [0.4, 0.5) is 0 Å². The van der Waals surface area contributed by atoms with Crippen molar-refractivity contribution in [3.8, 4) is 0 Å². The molecule has 6 heteroatoms. The Kier molecular flexibility index (Phi) is 6.93. The van der Waals surface area contributed by atoms with Gasteiger partial charge in [-0.3, -0.25) is 4.79 Å². The molecule has 0 saturated heterocycles. The summed E-state index contributed by atoms with van der Waals surface area (Å²) in [4.78, 5) is 13.1. The Hall–Kier alpha value is -2.96. The number of benzene rings is 3. The van der Waals surface area contributed by atoms with E-state index in [2.05, 4.69) is 11.4 Å². The molecule has 1 atom stereocenters. The molecule has 0 aromatic heterocycles. The summed E-state index contributed by atoms with van der Waals surface area (Å²) >= 11 is 0. The van der Waals surface area contributed by atoms with Crippen LogP contribution in [-0.2, 0) is 14.8 Å². The Morgan fingerprint density at radius 2 is 1.52 bits per heavy atom. The molecule has 0 saturated carbocycles. The molecule has 0 aliphatic carbocycles. The first-order chi connectivity index (χ1) is 14.7. The van der Waals surface area contributed by atoms with Crippen molar-refractivity contribution in [3.63, 3.8) is 0 Å². The molecular weight excluding hydrogens is 408 g/mol. The Balaban J connectivity index is 1.83. The van der Waals surface area contributed by atoms with Crippen LogP contribution in [0.15, 0.2) is 77.7 Å². The van der Waals surface area contributed by atoms with Gasteiger partial charge >= 0.3 is 0 Å². The van der Waals surface area contributed by atoms with Gasteiger partial charge in [0.25, 0.3) is 0 Å². The smallest absolute Gasteiger partial charge is 0.243 e. The minimum absolute atomic E-state index is 0.169. The Bertz CT molecular complexity index is 1160. The van der Waals surface area contributed by atoms with Crippen molar-refractivity contribution in [2.45, 2.75) is 31.7 Å². The van der Waals surface area contributed by atoms with E-state index in [1.807, 2.05) is 63.2 Å². The summed E-state index contributed by atoms with van der Waals surface area (Å²) in [6.45, 7) is 5.66. The lowest BCUT2D eigenvalue weighted by molar-refractivity contribution is -0.121. The third-order valence-electron chi connectivity index (χ3n) is 5.27. The van der Waals surface area contributed by atoms with Crippen molar-refractivity contribution >= 4 is 15.9 Å². The van der Waals surface area contributed by atoms with Gasteiger partial charge in [-0.05, 0) is 49.6 Å². The molecule has 31 heavy (non-hydrogen) atoms. The van der Waals surface area contributed by atoms with E-state index >= 15 is 0 Å². The van der Waals surface area contributed by atoms with Gasteiger partial charge in [0.05, 0.1) is 17.5 Å². The van der Waals surface area contributed by atoms with E-state index in [4.69, 9.17) is 0 Å². The number of carbonyl (C=O) groups excluding carboxylic acids is 1. The number of nitrogens with zero attached hydrogens (tertiary/aromatic N) is 1. The zero-order valence-corrected chi connectivity index (χ0v) is 19.1. The maximum Gasteiger partial charge on any atom is 0.243 e. The fraction of sp³-hybridized carbons (Fsp3) is 0.240. The SMILES string of the molecule is Cc1ccc(S(=O)(=O)N(C)CC(=O)N[C@@H](c2ccccc2)c2ccc(C)cc2C)cc1. The fourth-order valence-corrected chi connectivity index (χ4v) is 4.65. The summed E-state index contributed by atoms with van der Waals surface area (Å²) in [6.07, 6.45) is 0. The zero-order valence-electron chi connectivity index (χ0n) is 18.3. The van der Waals surface area contributed by atoms with Crippen LogP contribution in [0.25, 0.3) is 0 Å². The molecule has 0 fully saturated rings. The predicted molar refractivity (Wildman–Crippen MR) is 123 cm³/mol. The molecule has 0 bridgehead atoms. The molecule has 1 N–H and O–H groups in total. The fourth-order valence-electron chi connectivity index (χ4n) is 3.52. The van der Waals surface area contributed by atoms with Crippen LogP contribution >= 0.6 is 0 Å². The number of nitrogens with one attached hydrogen (secondary N) is 1. The van der Waals surface area contributed by atoms with Gasteiger partial charge in [0.2, 0.25) is 15.9 Å². The summed E-state index contributed by atoms with van der Waals surface area (Å²) < 4.78 is 26.8. The molecule has 162 valence electrons. The van der Waals surface area contributed by atoms with E-state index in [0.717, 1.165) is 32.1 Å². The highest BCUT2D eigenvalue weighted by molar-refractivity contribution is 7.89. The number of rotatable bonds is 7. The molecular formula is C25H28N2O3S. The van der Waals surface area contributed by atoms with Crippen LogP contribution in [0.2, 0.25) is 0 Å². The molecule has 0 spiro atoms. The van der Waals surface area contributed by atoms with Crippen LogP contribution in [0.3, 0.4) is 0 Å². The Morgan fingerprint density at radius 3 is 2.13 bits per heavy atom. The van der Waals surface area contributed by atoms with Crippen LogP contribution < -0.4 is 5.32 Å². The van der Waals surface area contributed by atoms with E-state index in [-0.39, 0.29) is 23.4 Å². The van der Waals surface area contributed by atoms with Gasteiger partial charge in [-0.15, -0.1) is 0 Å². The number of amides is 1. The van der Waals surface area contributed by atoms with Crippen LogP contribution in [0.1, 0.15) is 33.9 Å². The molecule has 1 amide bonds. The van der Waals surface area contributed by atoms with E-state index in [1.54, 1.807) is 24.3 Å². The number of carbonyl (C=O) groups is 1. The van der Waals surface area contributed by atoms with Gasteiger partial charge in [-0.1, -0.05) is 71.8 Å². The summed E-state index contributed by atoms with van der Waals surface area (Å²) in [6, 6.07) is 22.0. The molecule has 0 aliphatic heterocycles. The normalized spacial score (nSPS) is 12.5. The molecule has 0 aliphatic rings. The minimum Gasteiger partial charge on any atom is -0.344 e. The second kappa shape index (κ2) is 9.45. The third-order valence-corrected chi connectivity index (χ3v) is 7.09. The lowest BCUT2D eigenvalue weighted by atomic mass is 9.94. The highest BCUT2D eigenvalue weighted by atomic mass is 32.2. The minimum atomic E-state index is -3.76. The van der Waals surface area contributed by atoms with Crippen LogP contribution in [0.5, 0.6) is 0 Å². The quantitative estimate of drug-likeness (QED) is 0.605. The maximum atomic E-state index is 12.9. The van der Waals surface area contributed by atoms with Crippen molar-refractivity contribution in [1.29, 1.82) is 0 Å². The lowest BCUT2D eigenvalue weighted by Crippen LogP contribution is -2.40. The molecule has 5 nitrogen and oxygen atoms in total. The highest BCUT2D eigenvalue weighted by Gasteiger charge is 2.25. The number of hydrogen-bond acceptors (Lipinski definition) is 3. The van der Waals surface area contributed by atoms with Crippen molar-refractivity contribution in [3.05, 3.63) is 101 Å². The molecule has 3 aromatic rings. The summed E-state index contributed by atoms with van der Waals surface area (Å²) in [7, 11) is -2.34. The summed E-state index contributed by atoms with van der Waals surface area (Å²) in [5.41, 5.74) is 5.10. The van der Waals surface area contributed by atoms with Gasteiger partial charge in [0, 0.05) is 7.05 Å². The van der Waals surface area contributed by atoms with Crippen LogP contribution in [0, 0.1) is 20.8 Å². The summed E-state index contributed by atoms with van der Waals surface area (Å²) in [5.74, 6) is -0.369. The average molecular weight is 437 g/mol. The topological polar surface area (TPSA) is 66.5 Å². The van der Waals surface area contributed by atoms with Crippen molar-refractivity contribution in [2.24, 2.45) is 0 Å². The first-order valence-electron chi connectivity index (χ1n) is 10.1. The molecule has 3 aromatic carbocycles. The monoisotopic (exact) mass is 436 g/mol. The van der Waals surface area contributed by atoms with E-state index in [1.165, 1.54) is 7.05 Å². The average Bonchev–Trinajstić information content (AvgIpc) is 2.73. The number of sulfonamides is 1. The molecule has 3 rings (SSSR count). The molecule has 0 unspecified atom stereocenters. The second-order valence-electron chi connectivity index (χ2n) is 7.85. The van der Waals surface area contributed by atoms with Crippen molar-refractivity contribution in [1.82, 2.24) is 9.62 Å². The lowest BCUT2D eigenvalue weighted by Gasteiger charge is -2.24.